The van der Waals surface area contributed by atoms with Gasteiger partial charge in [-0.15, -0.1) is 5.98 Å². The highest BCUT2D eigenvalue weighted by Crippen LogP contribution is 1.91. The number of carbonyl (C=O) groups is 1. The lowest BCUT2D eigenvalue weighted by molar-refractivity contribution is -0.132. The van der Waals surface area contributed by atoms with Crippen LogP contribution in [0.15, 0.2) is 11.7 Å². The fraction of sp³-hybridized carbons (Fsp3) is 0. The molecule has 2 radical (unpaired) electrons. The molecule has 8 heavy (non-hydrogen) atoms. The average Bonchev–Trinajstić information content (AvgIpc) is 1.69. The van der Waals surface area contributed by atoms with Gasteiger partial charge in [0, 0.05) is 0 Å². The van der Waals surface area contributed by atoms with E-state index in [2.05, 4.69) is 4.85 Å². The molecule has 0 aromatic heterocycles. The molecule has 0 fully saturated rings. The quantitative estimate of drug-likeness (QED) is 0.291. The molecule has 0 rings (SSSR count). The number of hydrogen-bond acceptors (Lipinski definition) is 1. The Hall–Kier alpha value is -1.24. The molecule has 0 amide bonds. The van der Waals surface area contributed by atoms with Crippen LogP contribution in [0.2, 0.25) is 0 Å². The summed E-state index contributed by atoms with van der Waals surface area (Å²) in [6.45, 7) is 6.19. The summed E-state index contributed by atoms with van der Waals surface area (Å²) >= 11 is 0. The van der Waals surface area contributed by atoms with Crippen molar-refractivity contribution in [1.29, 1.82) is 0 Å². The Morgan fingerprint density at radius 3 is 2.38 bits per heavy atom. The first kappa shape index (κ1) is 6.76. The smallest absolute Gasteiger partial charge is 0.332 e. The number of carboxylic acid groups (broad SMARTS) is 1. The molecule has 3 nitrogen and oxygen atoms in total. The van der Waals surface area contributed by atoms with Crippen LogP contribution in [-0.4, -0.2) is 18.9 Å². The largest absolute Gasteiger partial charge is 0.486 e. The highest BCUT2D eigenvalue weighted by Gasteiger charge is 2.01. The third-order valence-corrected chi connectivity index (χ3v) is 0.497. The second kappa shape index (κ2) is 2.86. The molecular weight excluding hydrogens is 105 g/mol. The maximum Gasteiger partial charge on any atom is 0.332 e. The van der Waals surface area contributed by atoms with Gasteiger partial charge in [0.2, 0.25) is 0 Å². The lowest BCUT2D eigenvalue weighted by Crippen LogP contribution is -1.94. The van der Waals surface area contributed by atoms with Gasteiger partial charge in [-0.2, -0.15) is 0 Å². The molecule has 0 atom stereocenters. The maximum absolute atomic E-state index is 9.80. The zero-order valence-corrected chi connectivity index (χ0v) is 3.96. The fourth-order valence-corrected chi connectivity index (χ4v) is 0.156. The van der Waals surface area contributed by atoms with E-state index in [1.165, 1.54) is 0 Å². The highest BCUT2D eigenvalue weighted by atomic mass is 16.4. The number of rotatable bonds is 1. The molecule has 0 aromatic rings. The molecule has 0 spiro atoms. The lowest BCUT2D eigenvalue weighted by atomic mass is 10.1. The van der Waals surface area contributed by atoms with E-state index in [9.17, 15) is 4.79 Å². The molecule has 1 N–H and O–H groups in total. The Bertz CT molecular complexity index is 167. The summed E-state index contributed by atoms with van der Waals surface area (Å²) in [5.41, 5.74) is -0.454. The molecule has 38 valence electrons. The minimum atomic E-state index is -1.29. The summed E-state index contributed by atoms with van der Waals surface area (Å²) < 4.78 is 0. The van der Waals surface area contributed by atoms with Crippen LogP contribution in [0.3, 0.4) is 0 Å². The predicted molar refractivity (Wildman–Crippen MR) is 28.1 cm³/mol. The second-order valence-corrected chi connectivity index (χ2v) is 0.969. The van der Waals surface area contributed by atoms with Gasteiger partial charge in [0.15, 0.2) is 0 Å². The van der Waals surface area contributed by atoms with Gasteiger partial charge in [0.1, 0.15) is 0 Å². The van der Waals surface area contributed by atoms with Crippen molar-refractivity contribution in [3.05, 3.63) is 23.1 Å². The van der Waals surface area contributed by atoms with Gasteiger partial charge in [-0.25, -0.2) is 4.85 Å². The number of carboxylic acids is 1. The van der Waals surface area contributed by atoms with Crippen LogP contribution in [0.1, 0.15) is 0 Å². The number of nitrogens with zero attached hydrogens (tertiary/aromatic N) is 1. The van der Waals surface area contributed by atoms with Crippen molar-refractivity contribution in [3.63, 3.8) is 0 Å². The molecule has 0 unspecified atom stereocenters. The zero-order chi connectivity index (χ0) is 6.57. The topological polar surface area (TPSA) is 41.7 Å². The van der Waals surface area contributed by atoms with Crippen molar-refractivity contribution < 1.29 is 9.90 Å². The first-order valence-corrected chi connectivity index (χ1v) is 1.75. The summed E-state index contributed by atoms with van der Waals surface area (Å²) in [5.74, 6) is -0.530. The highest BCUT2D eigenvalue weighted by molar-refractivity contribution is 6.20. The van der Waals surface area contributed by atoms with E-state index in [0.29, 0.717) is 0 Å². The van der Waals surface area contributed by atoms with Crippen molar-refractivity contribution in [2.24, 2.45) is 0 Å². The summed E-state index contributed by atoms with van der Waals surface area (Å²) in [5, 5.41) is 8.01. The molecule has 4 heteroatoms. The Labute approximate surface area is 47.9 Å². The standard InChI is InChI=1S/C4H2BNO2/c1-6-3(2-5)4(7)8/h2H,(H,7,8). The van der Waals surface area contributed by atoms with E-state index in [1.807, 2.05) is 0 Å². The Morgan fingerprint density at radius 2 is 2.38 bits per heavy atom. The normalized spacial score (nSPS) is 10.1. The van der Waals surface area contributed by atoms with Crippen LogP contribution in [0, 0.1) is 6.57 Å². The van der Waals surface area contributed by atoms with Crippen molar-refractivity contribution in [1.82, 2.24) is 0 Å². The SMILES string of the molecule is [B]C=C([N+]#[C-])C(=O)O. The zero-order valence-electron chi connectivity index (χ0n) is 3.96. The van der Waals surface area contributed by atoms with Gasteiger partial charge < -0.3 is 5.11 Å². The van der Waals surface area contributed by atoms with Gasteiger partial charge in [0.05, 0.1) is 14.4 Å². The van der Waals surface area contributed by atoms with E-state index in [4.69, 9.17) is 19.5 Å². The van der Waals surface area contributed by atoms with E-state index in [1.54, 1.807) is 0 Å². The molecular formula is C4H2BNO2. The van der Waals surface area contributed by atoms with Crippen LogP contribution in [0.25, 0.3) is 4.85 Å². The first-order chi connectivity index (χ1) is 3.72. The summed E-state index contributed by atoms with van der Waals surface area (Å²) in [6, 6.07) is 0. The molecule has 0 heterocycles. The first-order valence-electron chi connectivity index (χ1n) is 1.75. The fourth-order valence-electron chi connectivity index (χ4n) is 0.156. The average molecular weight is 107 g/mol. The summed E-state index contributed by atoms with van der Waals surface area (Å²) in [6.07, 6.45) is 0. The van der Waals surface area contributed by atoms with E-state index < -0.39 is 11.7 Å². The van der Waals surface area contributed by atoms with Crippen molar-refractivity contribution in [3.8, 4) is 0 Å². The minimum Gasteiger partial charge on any atom is -0.486 e. The molecule has 0 aliphatic rings. The van der Waals surface area contributed by atoms with Crippen molar-refractivity contribution in [2.45, 2.75) is 0 Å². The summed E-state index contributed by atoms with van der Waals surface area (Å²) in [4.78, 5) is 12.4. The molecule has 0 bridgehead atoms. The molecule has 0 aliphatic heterocycles. The van der Waals surface area contributed by atoms with Gasteiger partial charge in [0.25, 0.3) is 5.70 Å². The van der Waals surface area contributed by atoms with Gasteiger partial charge in [-0.3, -0.25) is 4.79 Å². The van der Waals surface area contributed by atoms with Gasteiger partial charge in [-0.1, -0.05) is 0 Å². The third kappa shape index (κ3) is 1.48. The van der Waals surface area contributed by atoms with Crippen LogP contribution in [-0.2, 0) is 4.79 Å². The van der Waals surface area contributed by atoms with Crippen molar-refractivity contribution >= 4 is 13.8 Å². The van der Waals surface area contributed by atoms with Crippen LogP contribution >= 0.6 is 0 Å². The molecule has 0 aromatic carbocycles. The van der Waals surface area contributed by atoms with Crippen LogP contribution in [0.4, 0.5) is 0 Å². The molecule has 0 saturated carbocycles. The van der Waals surface area contributed by atoms with Gasteiger partial charge >= 0.3 is 5.97 Å². The lowest BCUT2D eigenvalue weighted by Gasteiger charge is -1.81. The van der Waals surface area contributed by atoms with Crippen LogP contribution in [0.5, 0.6) is 0 Å². The third-order valence-electron chi connectivity index (χ3n) is 0.497. The van der Waals surface area contributed by atoms with E-state index >= 15 is 0 Å². The Morgan fingerprint density at radius 1 is 1.88 bits per heavy atom. The summed E-state index contributed by atoms with van der Waals surface area (Å²) in [7, 11) is 4.73. The van der Waals surface area contributed by atoms with Gasteiger partial charge in [-0.05, 0) is 0 Å². The molecule has 0 aliphatic carbocycles. The maximum atomic E-state index is 9.80. The Balaban J connectivity index is 4.20. The van der Waals surface area contributed by atoms with Crippen molar-refractivity contribution in [2.75, 3.05) is 0 Å². The monoisotopic (exact) mass is 107 g/mol. The second-order valence-electron chi connectivity index (χ2n) is 0.969. The van der Waals surface area contributed by atoms with E-state index in [-0.39, 0.29) is 0 Å². The molecule has 0 saturated heterocycles. The van der Waals surface area contributed by atoms with E-state index in [0.717, 1.165) is 5.98 Å². The predicted octanol–water partition coefficient (Wildman–Crippen LogP) is 0.000190. The minimum absolute atomic E-state index is 0.454. The Kier molecular flexibility index (Phi) is 2.42. The number of aliphatic carboxylic acids is 1. The number of hydrogen-bond donors (Lipinski definition) is 1. The van der Waals surface area contributed by atoms with Crippen LogP contribution < -0.4 is 0 Å².